The predicted octanol–water partition coefficient (Wildman–Crippen LogP) is 3.59. The minimum absolute atomic E-state index is 0.142. The number of nitrogens with one attached hydrogen (secondary N) is 1. The molecular weight excluding hydrogens is 414 g/mol. The van der Waals surface area contributed by atoms with Gasteiger partial charge in [0, 0.05) is 10.0 Å². The van der Waals surface area contributed by atoms with Crippen molar-refractivity contribution >= 4 is 56.0 Å². The average molecular weight is 430 g/mol. The summed E-state index contributed by atoms with van der Waals surface area (Å²) in [6.07, 6.45) is 0.603. The van der Waals surface area contributed by atoms with E-state index in [0.29, 0.717) is 11.6 Å². The second kappa shape index (κ2) is 9.14. The fourth-order valence-electron chi connectivity index (χ4n) is 1.78. The number of amides is 1. The monoisotopic (exact) mass is 429 g/mol. The summed E-state index contributed by atoms with van der Waals surface area (Å²) in [6.45, 7) is 1.89. The Morgan fingerprint density at radius 2 is 2.04 bits per heavy atom. The van der Waals surface area contributed by atoms with Crippen molar-refractivity contribution in [1.82, 2.24) is 10.2 Å². The van der Waals surface area contributed by atoms with E-state index in [0.717, 1.165) is 15.0 Å². The first-order valence-corrected chi connectivity index (χ1v) is 9.78. The van der Waals surface area contributed by atoms with Gasteiger partial charge in [0.2, 0.25) is 11.0 Å². The van der Waals surface area contributed by atoms with Crippen LogP contribution in [0, 0.1) is 0 Å². The standard InChI is InChI=1S/C15H16BrN3O3S2/c1-3-11(23-8-12(20)22-2)13(21)17-15-19-18-14(24-15)9-4-6-10(16)7-5-9/h4-7,11H,3,8H2,1-2H3,(H,17,19,21). The van der Waals surface area contributed by atoms with Crippen molar-refractivity contribution < 1.29 is 14.3 Å². The molecule has 1 amide bonds. The van der Waals surface area contributed by atoms with E-state index in [1.54, 1.807) is 0 Å². The van der Waals surface area contributed by atoms with Crippen molar-refractivity contribution in [3.63, 3.8) is 0 Å². The molecule has 1 aromatic heterocycles. The lowest BCUT2D eigenvalue weighted by atomic mass is 10.2. The summed E-state index contributed by atoms with van der Waals surface area (Å²) >= 11 is 5.94. The number of hydrogen-bond donors (Lipinski definition) is 1. The van der Waals surface area contributed by atoms with Gasteiger partial charge in [0.15, 0.2) is 0 Å². The normalized spacial score (nSPS) is 11.8. The number of hydrogen-bond acceptors (Lipinski definition) is 7. The van der Waals surface area contributed by atoms with Gasteiger partial charge in [0.1, 0.15) is 5.01 Å². The highest BCUT2D eigenvalue weighted by molar-refractivity contribution is 9.10. The first-order valence-electron chi connectivity index (χ1n) is 7.12. The van der Waals surface area contributed by atoms with Crippen LogP contribution in [0.1, 0.15) is 13.3 Å². The van der Waals surface area contributed by atoms with Gasteiger partial charge >= 0.3 is 5.97 Å². The summed E-state index contributed by atoms with van der Waals surface area (Å²) in [5.41, 5.74) is 0.934. The zero-order chi connectivity index (χ0) is 17.5. The van der Waals surface area contributed by atoms with E-state index in [1.807, 2.05) is 31.2 Å². The van der Waals surface area contributed by atoms with Crippen LogP contribution in [0.15, 0.2) is 28.7 Å². The maximum absolute atomic E-state index is 12.3. The molecule has 1 heterocycles. The number of esters is 1. The number of carbonyl (C=O) groups excluding carboxylic acids is 2. The number of methoxy groups -OCH3 is 1. The average Bonchev–Trinajstić information content (AvgIpc) is 3.04. The summed E-state index contributed by atoms with van der Waals surface area (Å²) in [5.74, 6) is -0.396. The van der Waals surface area contributed by atoms with Crippen LogP contribution in [0.3, 0.4) is 0 Å². The van der Waals surface area contributed by atoms with Gasteiger partial charge in [-0.15, -0.1) is 22.0 Å². The molecule has 1 aromatic carbocycles. The third-order valence-corrected chi connectivity index (χ3v) is 5.81. The summed E-state index contributed by atoms with van der Waals surface area (Å²) < 4.78 is 5.57. The molecule has 1 N–H and O–H groups in total. The first kappa shape index (κ1) is 18.9. The molecule has 1 atom stereocenters. The van der Waals surface area contributed by atoms with Crippen molar-refractivity contribution in [3.05, 3.63) is 28.7 Å². The minimum atomic E-state index is -0.348. The van der Waals surface area contributed by atoms with E-state index in [2.05, 4.69) is 36.2 Å². The third kappa shape index (κ3) is 5.29. The van der Waals surface area contributed by atoms with E-state index < -0.39 is 0 Å². The summed E-state index contributed by atoms with van der Waals surface area (Å²) in [7, 11) is 1.33. The minimum Gasteiger partial charge on any atom is -0.468 e. The van der Waals surface area contributed by atoms with Gasteiger partial charge < -0.3 is 4.74 Å². The highest BCUT2D eigenvalue weighted by Gasteiger charge is 2.20. The molecule has 0 aliphatic carbocycles. The van der Waals surface area contributed by atoms with Crippen LogP contribution in [0.4, 0.5) is 5.13 Å². The Labute approximate surface area is 156 Å². The number of anilines is 1. The van der Waals surface area contributed by atoms with Crippen LogP contribution < -0.4 is 5.32 Å². The molecule has 2 aromatic rings. The number of nitrogens with zero attached hydrogens (tertiary/aromatic N) is 2. The van der Waals surface area contributed by atoms with Crippen molar-refractivity contribution in [1.29, 1.82) is 0 Å². The summed E-state index contributed by atoms with van der Waals surface area (Å²) in [6, 6.07) is 7.70. The van der Waals surface area contributed by atoms with Gasteiger partial charge in [-0.3, -0.25) is 14.9 Å². The highest BCUT2D eigenvalue weighted by atomic mass is 79.9. The molecule has 0 aliphatic heterocycles. The van der Waals surface area contributed by atoms with Gasteiger partial charge in [0.05, 0.1) is 18.1 Å². The van der Waals surface area contributed by atoms with Gasteiger partial charge in [-0.25, -0.2) is 0 Å². The molecule has 0 saturated carbocycles. The summed E-state index contributed by atoms with van der Waals surface area (Å²) in [4.78, 5) is 23.5. The molecule has 128 valence electrons. The van der Waals surface area contributed by atoms with E-state index >= 15 is 0 Å². The Bertz CT molecular complexity index is 706. The Balaban J connectivity index is 1.98. The second-order valence-electron chi connectivity index (χ2n) is 4.69. The fourth-order valence-corrected chi connectivity index (χ4v) is 3.69. The van der Waals surface area contributed by atoms with E-state index in [4.69, 9.17) is 0 Å². The van der Waals surface area contributed by atoms with Crippen molar-refractivity contribution in [2.24, 2.45) is 0 Å². The Morgan fingerprint density at radius 3 is 2.67 bits per heavy atom. The molecule has 2 rings (SSSR count). The number of carbonyl (C=O) groups is 2. The quantitative estimate of drug-likeness (QED) is 0.677. The number of aromatic nitrogens is 2. The van der Waals surface area contributed by atoms with Crippen LogP contribution in [0.25, 0.3) is 10.6 Å². The first-order chi connectivity index (χ1) is 11.5. The number of benzene rings is 1. The smallest absolute Gasteiger partial charge is 0.315 e. The number of rotatable bonds is 7. The van der Waals surface area contributed by atoms with Gasteiger partial charge in [0.25, 0.3) is 0 Å². The molecule has 0 spiro atoms. The van der Waals surface area contributed by atoms with E-state index in [1.165, 1.54) is 30.2 Å². The van der Waals surface area contributed by atoms with Gasteiger partial charge in [-0.05, 0) is 18.6 Å². The number of ether oxygens (including phenoxy) is 1. The van der Waals surface area contributed by atoms with Crippen molar-refractivity contribution in [3.8, 4) is 10.6 Å². The van der Waals surface area contributed by atoms with Crippen molar-refractivity contribution in [2.45, 2.75) is 18.6 Å². The molecular formula is C15H16BrN3O3S2. The summed E-state index contributed by atoms with van der Waals surface area (Å²) in [5, 5.41) is 11.7. The lowest BCUT2D eigenvalue weighted by Crippen LogP contribution is -2.25. The van der Waals surface area contributed by atoms with Crippen LogP contribution >= 0.6 is 39.0 Å². The van der Waals surface area contributed by atoms with Crippen LogP contribution in [0.2, 0.25) is 0 Å². The zero-order valence-electron chi connectivity index (χ0n) is 13.1. The van der Waals surface area contributed by atoms with E-state index in [9.17, 15) is 9.59 Å². The molecule has 1 unspecified atom stereocenters. The SMILES string of the molecule is CCC(SCC(=O)OC)C(=O)Nc1nnc(-c2ccc(Br)cc2)s1. The van der Waals surface area contributed by atoms with Crippen molar-refractivity contribution in [2.75, 3.05) is 18.2 Å². The second-order valence-corrected chi connectivity index (χ2v) is 7.78. The molecule has 0 saturated heterocycles. The van der Waals surface area contributed by atoms with Crippen LogP contribution in [-0.4, -0.2) is 40.2 Å². The lowest BCUT2D eigenvalue weighted by molar-refractivity contribution is -0.137. The molecule has 0 radical (unpaired) electrons. The molecule has 6 nitrogen and oxygen atoms in total. The molecule has 24 heavy (non-hydrogen) atoms. The molecule has 0 bridgehead atoms. The number of thioether (sulfide) groups is 1. The maximum atomic E-state index is 12.3. The molecule has 0 fully saturated rings. The maximum Gasteiger partial charge on any atom is 0.315 e. The highest BCUT2D eigenvalue weighted by Crippen LogP contribution is 2.28. The molecule has 9 heteroatoms. The predicted molar refractivity (Wildman–Crippen MR) is 100 cm³/mol. The van der Waals surface area contributed by atoms with Gasteiger partial charge in [-0.1, -0.05) is 46.3 Å². The van der Waals surface area contributed by atoms with Gasteiger partial charge in [-0.2, -0.15) is 0 Å². The fraction of sp³-hybridized carbons (Fsp3) is 0.333. The molecule has 0 aliphatic rings. The third-order valence-electron chi connectivity index (χ3n) is 3.04. The van der Waals surface area contributed by atoms with Crippen LogP contribution in [-0.2, 0) is 14.3 Å². The topological polar surface area (TPSA) is 81.2 Å². The Morgan fingerprint density at radius 1 is 1.33 bits per heavy atom. The van der Waals surface area contributed by atoms with Crippen LogP contribution in [0.5, 0.6) is 0 Å². The Hall–Kier alpha value is -1.45. The Kier molecular flexibility index (Phi) is 7.19. The lowest BCUT2D eigenvalue weighted by Gasteiger charge is -2.12. The van der Waals surface area contributed by atoms with E-state index in [-0.39, 0.29) is 22.9 Å². The zero-order valence-corrected chi connectivity index (χ0v) is 16.3. The number of halogens is 1. The largest absolute Gasteiger partial charge is 0.468 e.